The molecule has 0 saturated carbocycles. The van der Waals surface area contributed by atoms with Gasteiger partial charge in [0.1, 0.15) is 0 Å². The Morgan fingerprint density at radius 3 is 2.42 bits per heavy atom. The number of carbonyl (C=O) groups is 1. The molecule has 1 aliphatic heterocycles. The molecule has 0 bridgehead atoms. The Labute approximate surface area is 80.7 Å². The number of hydrogen-bond acceptors (Lipinski definition) is 2. The summed E-state index contributed by atoms with van der Waals surface area (Å²) in [6, 6.07) is 0. The topological polar surface area (TPSA) is 20.3 Å². The third kappa shape index (κ3) is 1.99. The molecule has 0 N–H and O–H groups in total. The van der Waals surface area contributed by atoms with Crippen molar-refractivity contribution in [1.29, 1.82) is 0 Å². The van der Waals surface area contributed by atoms with Crippen molar-refractivity contribution in [2.75, 3.05) is 13.6 Å². The van der Waals surface area contributed by atoms with E-state index in [1.807, 2.05) is 20.9 Å². The Balaban J connectivity index is 0.00000121. The molecule has 0 aromatic rings. The fourth-order valence-electron chi connectivity index (χ4n) is 1.54. The van der Waals surface area contributed by atoms with Crippen LogP contribution in [0.2, 0.25) is 0 Å². The molecule has 1 saturated heterocycles. The van der Waals surface area contributed by atoms with Crippen molar-refractivity contribution < 1.29 is 4.79 Å². The van der Waals surface area contributed by atoms with Gasteiger partial charge in [-0.3, -0.25) is 9.69 Å². The van der Waals surface area contributed by atoms with Crippen molar-refractivity contribution in [2.45, 2.75) is 32.7 Å². The van der Waals surface area contributed by atoms with Gasteiger partial charge in [0.25, 0.3) is 0 Å². The highest BCUT2D eigenvalue weighted by atomic mass is 35.5. The lowest BCUT2D eigenvalue weighted by Crippen LogP contribution is -2.53. The van der Waals surface area contributed by atoms with Crippen molar-refractivity contribution in [1.82, 2.24) is 4.90 Å². The molecule has 1 heterocycles. The van der Waals surface area contributed by atoms with E-state index in [0.29, 0.717) is 11.7 Å². The summed E-state index contributed by atoms with van der Waals surface area (Å²) in [7, 11) is 2.02. The fourth-order valence-corrected chi connectivity index (χ4v) is 1.54. The van der Waals surface area contributed by atoms with E-state index in [-0.39, 0.29) is 17.9 Å². The minimum absolute atomic E-state index is 0. The number of likely N-dealkylation sites (N-methyl/N-ethyl adjacent to an activating group) is 1. The first kappa shape index (κ1) is 11.9. The van der Waals surface area contributed by atoms with E-state index in [9.17, 15) is 4.79 Å². The van der Waals surface area contributed by atoms with Gasteiger partial charge in [-0.25, -0.2) is 0 Å². The largest absolute Gasteiger partial charge is 0.298 e. The molecule has 12 heavy (non-hydrogen) atoms. The van der Waals surface area contributed by atoms with Crippen molar-refractivity contribution in [3.8, 4) is 0 Å². The molecule has 3 heteroatoms. The number of Topliss-reactive ketones (excluding diaryl/α,β-unsaturated/α-hetero) is 1. The molecule has 0 radical (unpaired) electrons. The second kappa shape index (κ2) is 3.75. The van der Waals surface area contributed by atoms with Gasteiger partial charge in [-0.15, -0.1) is 12.4 Å². The maximum Gasteiger partial charge on any atom is 0.152 e. The lowest BCUT2D eigenvalue weighted by Gasteiger charge is -2.40. The lowest BCUT2D eigenvalue weighted by molar-refractivity contribution is -0.133. The predicted molar refractivity (Wildman–Crippen MR) is 52.7 cm³/mol. The van der Waals surface area contributed by atoms with Crippen LogP contribution in [0, 0.1) is 5.92 Å². The van der Waals surface area contributed by atoms with Gasteiger partial charge >= 0.3 is 0 Å². The minimum atomic E-state index is -0.230. The number of piperidine rings is 1. The van der Waals surface area contributed by atoms with E-state index < -0.39 is 0 Å². The molecule has 0 aliphatic carbocycles. The second-order valence-corrected chi connectivity index (χ2v) is 4.17. The van der Waals surface area contributed by atoms with E-state index in [0.717, 1.165) is 13.0 Å². The number of halogens is 1. The molecule has 1 fully saturated rings. The first-order chi connectivity index (χ1) is 4.94. The molecular weight excluding hydrogens is 174 g/mol. The summed E-state index contributed by atoms with van der Waals surface area (Å²) in [5.41, 5.74) is -0.230. The monoisotopic (exact) mass is 191 g/mol. The number of likely N-dealkylation sites (tertiary alicyclic amines) is 1. The van der Waals surface area contributed by atoms with Crippen molar-refractivity contribution in [2.24, 2.45) is 5.92 Å². The average molecular weight is 192 g/mol. The zero-order valence-electron chi connectivity index (χ0n) is 8.26. The first-order valence-electron chi connectivity index (χ1n) is 4.19. The number of ketones is 1. The maximum atomic E-state index is 11.5. The van der Waals surface area contributed by atoms with Crippen molar-refractivity contribution in [3.63, 3.8) is 0 Å². The van der Waals surface area contributed by atoms with Crippen LogP contribution in [0.4, 0.5) is 0 Å². The van der Waals surface area contributed by atoms with Gasteiger partial charge in [-0.2, -0.15) is 0 Å². The van der Waals surface area contributed by atoms with Crippen LogP contribution >= 0.6 is 12.4 Å². The summed E-state index contributed by atoms with van der Waals surface area (Å²) in [6.07, 6.45) is 0.747. The molecule has 0 spiro atoms. The van der Waals surface area contributed by atoms with E-state index >= 15 is 0 Å². The summed E-state index contributed by atoms with van der Waals surface area (Å²) in [5.74, 6) is 0.902. The Morgan fingerprint density at radius 2 is 2.00 bits per heavy atom. The van der Waals surface area contributed by atoms with Crippen LogP contribution in [0.5, 0.6) is 0 Å². The third-order valence-electron chi connectivity index (χ3n) is 2.76. The third-order valence-corrected chi connectivity index (χ3v) is 2.76. The molecule has 72 valence electrons. The molecule has 1 aliphatic rings. The SMILES string of the molecule is CC1CC(=O)C(C)(C)N(C)C1.Cl. The molecule has 1 atom stereocenters. The maximum absolute atomic E-state index is 11.5. The molecule has 0 aromatic heterocycles. The first-order valence-corrected chi connectivity index (χ1v) is 4.19. The van der Waals surface area contributed by atoms with Crippen LogP contribution in [0.25, 0.3) is 0 Å². The quantitative estimate of drug-likeness (QED) is 0.581. The normalized spacial score (nSPS) is 29.7. The van der Waals surface area contributed by atoms with Crippen molar-refractivity contribution >= 4 is 18.2 Å². The van der Waals surface area contributed by atoms with Gasteiger partial charge in [-0.1, -0.05) is 6.92 Å². The fraction of sp³-hybridized carbons (Fsp3) is 0.889. The van der Waals surface area contributed by atoms with Gasteiger partial charge in [0.05, 0.1) is 5.54 Å². The van der Waals surface area contributed by atoms with Crippen LogP contribution in [-0.4, -0.2) is 29.8 Å². The Hall–Kier alpha value is -0.0800. The highest BCUT2D eigenvalue weighted by Gasteiger charge is 2.37. The summed E-state index contributed by atoms with van der Waals surface area (Å²) >= 11 is 0. The van der Waals surface area contributed by atoms with Gasteiger partial charge in [0.15, 0.2) is 5.78 Å². The van der Waals surface area contributed by atoms with E-state index in [4.69, 9.17) is 0 Å². The molecular formula is C9H18ClNO. The Kier molecular flexibility index (Phi) is 3.73. The Morgan fingerprint density at radius 1 is 1.50 bits per heavy atom. The highest BCUT2D eigenvalue weighted by molar-refractivity contribution is 5.88. The molecule has 0 amide bonds. The number of carbonyl (C=O) groups excluding carboxylic acids is 1. The van der Waals surface area contributed by atoms with Crippen molar-refractivity contribution in [3.05, 3.63) is 0 Å². The highest BCUT2D eigenvalue weighted by Crippen LogP contribution is 2.25. The van der Waals surface area contributed by atoms with Crippen LogP contribution in [0.15, 0.2) is 0 Å². The summed E-state index contributed by atoms with van der Waals surface area (Å²) in [6.45, 7) is 7.17. The van der Waals surface area contributed by atoms with Gasteiger partial charge in [-0.05, 0) is 26.8 Å². The summed E-state index contributed by atoms with van der Waals surface area (Å²) in [4.78, 5) is 13.6. The number of nitrogens with zero attached hydrogens (tertiary/aromatic N) is 1. The standard InChI is InChI=1S/C9H17NO.ClH/c1-7-5-8(11)9(2,3)10(4)6-7;/h7H,5-6H2,1-4H3;1H. The van der Waals surface area contributed by atoms with Gasteiger partial charge in [0, 0.05) is 13.0 Å². The molecule has 1 unspecified atom stereocenters. The zero-order chi connectivity index (χ0) is 8.65. The Bertz CT molecular complexity index is 179. The lowest BCUT2D eigenvalue weighted by atomic mass is 9.85. The minimum Gasteiger partial charge on any atom is -0.298 e. The number of rotatable bonds is 0. The van der Waals surface area contributed by atoms with E-state index in [2.05, 4.69) is 11.8 Å². The average Bonchev–Trinajstić information content (AvgIpc) is 1.84. The number of hydrogen-bond donors (Lipinski definition) is 0. The van der Waals surface area contributed by atoms with Crippen LogP contribution in [0.3, 0.4) is 0 Å². The van der Waals surface area contributed by atoms with Crippen LogP contribution < -0.4 is 0 Å². The zero-order valence-corrected chi connectivity index (χ0v) is 9.07. The predicted octanol–water partition coefficient (Wildman–Crippen LogP) is 1.73. The molecule has 0 aromatic carbocycles. The van der Waals surface area contributed by atoms with E-state index in [1.54, 1.807) is 0 Å². The van der Waals surface area contributed by atoms with Crippen LogP contribution in [-0.2, 0) is 4.79 Å². The molecule has 1 rings (SSSR count). The summed E-state index contributed by atoms with van der Waals surface area (Å²) in [5, 5.41) is 0. The van der Waals surface area contributed by atoms with Gasteiger partial charge < -0.3 is 0 Å². The molecule has 2 nitrogen and oxygen atoms in total. The second-order valence-electron chi connectivity index (χ2n) is 4.17. The smallest absolute Gasteiger partial charge is 0.152 e. The van der Waals surface area contributed by atoms with Crippen LogP contribution in [0.1, 0.15) is 27.2 Å². The van der Waals surface area contributed by atoms with E-state index in [1.165, 1.54) is 0 Å². The summed E-state index contributed by atoms with van der Waals surface area (Å²) < 4.78 is 0. The van der Waals surface area contributed by atoms with Gasteiger partial charge in [0.2, 0.25) is 0 Å².